The molecule has 2 aliphatic heterocycles. The predicted octanol–water partition coefficient (Wildman–Crippen LogP) is -1.27. The standard InChI is InChI=1S/C14H26N4O4.2ClH/c1-21-8-3-16-13(19)11-17-4-6-18(7-5-17)14(20)12-10-15-2-9-22-12;;/h12,15H,2-11H2,1H3,(H,16,19);2*1H. The number of halogens is 2. The van der Waals surface area contributed by atoms with E-state index in [1.54, 1.807) is 7.11 Å². The Hall–Kier alpha value is -0.640. The molecule has 2 N–H and O–H groups in total. The van der Waals surface area contributed by atoms with Crippen LogP contribution in [0.1, 0.15) is 0 Å². The van der Waals surface area contributed by atoms with Crippen LogP contribution in [-0.2, 0) is 19.1 Å². The summed E-state index contributed by atoms with van der Waals surface area (Å²) < 4.78 is 10.4. The number of hydrogen-bond donors (Lipinski definition) is 2. The molecule has 24 heavy (non-hydrogen) atoms. The molecule has 0 aromatic rings. The van der Waals surface area contributed by atoms with Crippen molar-refractivity contribution >= 4 is 36.6 Å². The highest BCUT2D eigenvalue weighted by molar-refractivity contribution is 5.85. The van der Waals surface area contributed by atoms with Gasteiger partial charge in [-0.05, 0) is 0 Å². The molecule has 0 saturated carbocycles. The Morgan fingerprint density at radius 3 is 2.54 bits per heavy atom. The first-order valence-corrected chi connectivity index (χ1v) is 7.80. The van der Waals surface area contributed by atoms with E-state index in [-0.39, 0.29) is 42.7 Å². The molecule has 0 radical (unpaired) electrons. The number of piperazine rings is 1. The Bertz CT molecular complexity index is 376. The van der Waals surface area contributed by atoms with Crippen molar-refractivity contribution in [2.75, 3.05) is 72.7 Å². The van der Waals surface area contributed by atoms with Crippen LogP contribution in [0.3, 0.4) is 0 Å². The summed E-state index contributed by atoms with van der Waals surface area (Å²) in [5.41, 5.74) is 0. The fraction of sp³-hybridized carbons (Fsp3) is 0.857. The van der Waals surface area contributed by atoms with E-state index < -0.39 is 0 Å². The third-order valence-corrected chi connectivity index (χ3v) is 3.88. The molecule has 8 nitrogen and oxygen atoms in total. The highest BCUT2D eigenvalue weighted by Gasteiger charge is 2.29. The molecule has 0 spiro atoms. The molecule has 2 amide bonds. The summed E-state index contributed by atoms with van der Waals surface area (Å²) >= 11 is 0. The number of methoxy groups -OCH3 is 1. The average molecular weight is 387 g/mol. The lowest BCUT2D eigenvalue weighted by Gasteiger charge is -2.36. The number of ether oxygens (including phenoxy) is 2. The fourth-order valence-electron chi connectivity index (χ4n) is 2.61. The van der Waals surface area contributed by atoms with Crippen LogP contribution < -0.4 is 10.6 Å². The first kappa shape index (κ1) is 23.4. The van der Waals surface area contributed by atoms with Crippen molar-refractivity contribution < 1.29 is 19.1 Å². The van der Waals surface area contributed by atoms with Gasteiger partial charge in [-0.2, -0.15) is 0 Å². The second-order valence-corrected chi connectivity index (χ2v) is 5.51. The number of rotatable bonds is 6. The molecule has 1 atom stereocenters. The zero-order chi connectivity index (χ0) is 15.8. The lowest BCUT2D eigenvalue weighted by atomic mass is 10.2. The van der Waals surface area contributed by atoms with Gasteiger partial charge in [0.1, 0.15) is 6.10 Å². The van der Waals surface area contributed by atoms with Gasteiger partial charge in [0.15, 0.2) is 0 Å². The minimum absolute atomic E-state index is 0. The molecule has 0 aliphatic carbocycles. The van der Waals surface area contributed by atoms with Crippen LogP contribution in [0, 0.1) is 0 Å². The van der Waals surface area contributed by atoms with Gasteiger partial charge in [0, 0.05) is 52.9 Å². The van der Waals surface area contributed by atoms with Crippen molar-refractivity contribution in [3.8, 4) is 0 Å². The van der Waals surface area contributed by atoms with Crippen LogP contribution in [0.15, 0.2) is 0 Å². The van der Waals surface area contributed by atoms with Gasteiger partial charge in [-0.3, -0.25) is 14.5 Å². The molecule has 0 bridgehead atoms. The Morgan fingerprint density at radius 1 is 1.25 bits per heavy atom. The summed E-state index contributed by atoms with van der Waals surface area (Å²) in [6.45, 7) is 6.09. The third-order valence-electron chi connectivity index (χ3n) is 3.88. The topological polar surface area (TPSA) is 83.1 Å². The lowest BCUT2D eigenvalue weighted by Crippen LogP contribution is -2.56. The molecule has 2 rings (SSSR count). The first-order valence-electron chi connectivity index (χ1n) is 7.80. The highest BCUT2D eigenvalue weighted by Crippen LogP contribution is 2.07. The number of morpholine rings is 1. The molecule has 0 aromatic heterocycles. The summed E-state index contributed by atoms with van der Waals surface area (Å²) in [6, 6.07) is 0. The Morgan fingerprint density at radius 2 is 1.96 bits per heavy atom. The smallest absolute Gasteiger partial charge is 0.253 e. The van der Waals surface area contributed by atoms with E-state index >= 15 is 0 Å². The zero-order valence-corrected chi connectivity index (χ0v) is 15.6. The number of carbonyl (C=O) groups excluding carboxylic acids is 2. The highest BCUT2D eigenvalue weighted by atomic mass is 35.5. The number of nitrogens with zero attached hydrogens (tertiary/aromatic N) is 2. The summed E-state index contributed by atoms with van der Waals surface area (Å²) in [7, 11) is 1.61. The van der Waals surface area contributed by atoms with Crippen LogP contribution in [0.4, 0.5) is 0 Å². The van der Waals surface area contributed by atoms with E-state index in [4.69, 9.17) is 9.47 Å². The van der Waals surface area contributed by atoms with Gasteiger partial charge in [0.2, 0.25) is 5.91 Å². The maximum absolute atomic E-state index is 12.3. The van der Waals surface area contributed by atoms with Crippen molar-refractivity contribution in [3.63, 3.8) is 0 Å². The maximum Gasteiger partial charge on any atom is 0.253 e. The molecular weight excluding hydrogens is 359 g/mol. The summed E-state index contributed by atoms with van der Waals surface area (Å²) in [5.74, 6) is 0.0491. The Kier molecular flexibility index (Phi) is 12.3. The van der Waals surface area contributed by atoms with E-state index in [1.807, 2.05) is 4.90 Å². The number of carbonyl (C=O) groups is 2. The molecule has 1 unspecified atom stereocenters. The third kappa shape index (κ3) is 7.50. The average Bonchev–Trinajstić information content (AvgIpc) is 2.56. The predicted molar refractivity (Wildman–Crippen MR) is 95.0 cm³/mol. The van der Waals surface area contributed by atoms with E-state index in [9.17, 15) is 9.59 Å². The van der Waals surface area contributed by atoms with Gasteiger partial charge < -0.3 is 25.0 Å². The van der Waals surface area contributed by atoms with E-state index in [0.717, 1.165) is 6.54 Å². The van der Waals surface area contributed by atoms with Crippen molar-refractivity contribution in [2.24, 2.45) is 0 Å². The van der Waals surface area contributed by atoms with Crippen LogP contribution in [0.5, 0.6) is 0 Å². The Balaban J connectivity index is 0.00000264. The fourth-order valence-corrected chi connectivity index (χ4v) is 2.61. The molecule has 2 heterocycles. The van der Waals surface area contributed by atoms with Crippen LogP contribution >= 0.6 is 24.8 Å². The van der Waals surface area contributed by atoms with Gasteiger partial charge in [0.25, 0.3) is 5.91 Å². The maximum atomic E-state index is 12.3. The molecule has 10 heteroatoms. The molecule has 2 aliphatic rings. The van der Waals surface area contributed by atoms with Gasteiger partial charge in [0.05, 0.1) is 19.8 Å². The second kappa shape index (κ2) is 12.7. The minimum atomic E-state index is -0.363. The van der Waals surface area contributed by atoms with Gasteiger partial charge >= 0.3 is 0 Å². The van der Waals surface area contributed by atoms with Crippen molar-refractivity contribution in [3.05, 3.63) is 0 Å². The summed E-state index contributed by atoms with van der Waals surface area (Å²) in [4.78, 5) is 27.9. The minimum Gasteiger partial charge on any atom is -0.383 e. The largest absolute Gasteiger partial charge is 0.383 e. The van der Waals surface area contributed by atoms with Crippen LogP contribution in [0.25, 0.3) is 0 Å². The van der Waals surface area contributed by atoms with E-state index in [0.29, 0.717) is 59.0 Å². The lowest BCUT2D eigenvalue weighted by molar-refractivity contribution is -0.147. The molecule has 0 aromatic carbocycles. The normalized spacial score (nSPS) is 21.4. The molecule has 142 valence electrons. The summed E-state index contributed by atoms with van der Waals surface area (Å²) in [6.07, 6.45) is -0.363. The van der Waals surface area contributed by atoms with Crippen molar-refractivity contribution in [2.45, 2.75) is 6.10 Å². The van der Waals surface area contributed by atoms with Crippen molar-refractivity contribution in [1.29, 1.82) is 0 Å². The van der Waals surface area contributed by atoms with Gasteiger partial charge in [-0.15, -0.1) is 24.8 Å². The number of hydrogen-bond acceptors (Lipinski definition) is 6. The second-order valence-electron chi connectivity index (χ2n) is 5.51. The van der Waals surface area contributed by atoms with Crippen molar-refractivity contribution in [1.82, 2.24) is 20.4 Å². The van der Waals surface area contributed by atoms with Gasteiger partial charge in [-0.1, -0.05) is 0 Å². The van der Waals surface area contributed by atoms with E-state index in [1.165, 1.54) is 0 Å². The summed E-state index contributed by atoms with van der Waals surface area (Å²) in [5, 5.41) is 5.97. The van der Waals surface area contributed by atoms with Gasteiger partial charge in [-0.25, -0.2) is 0 Å². The Labute approximate surface area is 155 Å². The SMILES string of the molecule is COCCNC(=O)CN1CCN(C(=O)C2CNCCO2)CC1.Cl.Cl. The first-order chi connectivity index (χ1) is 10.7. The molecular formula is C14H28Cl2N4O4. The number of nitrogens with one attached hydrogen (secondary N) is 2. The van der Waals surface area contributed by atoms with Crippen LogP contribution in [0.2, 0.25) is 0 Å². The van der Waals surface area contributed by atoms with Crippen LogP contribution in [-0.4, -0.2) is 100 Å². The quantitative estimate of drug-likeness (QED) is 0.553. The number of amides is 2. The van der Waals surface area contributed by atoms with E-state index in [2.05, 4.69) is 15.5 Å². The molecule has 2 saturated heterocycles. The molecule has 2 fully saturated rings. The zero-order valence-electron chi connectivity index (χ0n) is 14.0. The monoisotopic (exact) mass is 386 g/mol.